The molecule has 5 rings (SSSR count). The Balaban J connectivity index is 1.49. The fourth-order valence-corrected chi connectivity index (χ4v) is 5.86. The number of halogens is 4. The number of hydrogen-bond acceptors (Lipinski definition) is 7. The van der Waals surface area contributed by atoms with Gasteiger partial charge in [-0.25, -0.2) is 9.78 Å². The van der Waals surface area contributed by atoms with Crippen molar-refractivity contribution in [2.75, 3.05) is 20.3 Å². The minimum Gasteiger partial charge on any atom is -0.481 e. The van der Waals surface area contributed by atoms with Crippen LogP contribution in [0, 0.1) is 0 Å². The predicted octanol–water partition coefficient (Wildman–Crippen LogP) is 7.87. The Hall–Kier alpha value is -4.32. The normalized spacial score (nSPS) is 13.5. The molecule has 1 aliphatic heterocycles. The van der Waals surface area contributed by atoms with Crippen LogP contribution in [0.1, 0.15) is 28.8 Å². The van der Waals surface area contributed by atoms with Crippen LogP contribution in [0.2, 0.25) is 10.0 Å². The zero-order valence-corrected chi connectivity index (χ0v) is 25.4. The summed E-state index contributed by atoms with van der Waals surface area (Å²) in [5.41, 5.74) is 3.29. The first-order chi connectivity index (χ1) is 21.7. The first-order valence-electron chi connectivity index (χ1n) is 13.8. The van der Waals surface area contributed by atoms with Gasteiger partial charge in [-0.3, -0.25) is 9.78 Å². The van der Waals surface area contributed by atoms with Gasteiger partial charge in [0.25, 0.3) is 0 Å². The first-order valence-corrected chi connectivity index (χ1v) is 14.6. The predicted molar refractivity (Wildman–Crippen MR) is 164 cm³/mol. The zero-order chi connectivity index (χ0) is 32.1. The van der Waals surface area contributed by atoms with Gasteiger partial charge in [0, 0.05) is 53.3 Å². The summed E-state index contributed by atoms with van der Waals surface area (Å²) in [7, 11) is 1.46. The molecule has 0 saturated carbocycles. The van der Waals surface area contributed by atoms with Crippen LogP contribution in [0.5, 0.6) is 11.6 Å². The Kier molecular flexibility index (Phi) is 10.1. The van der Waals surface area contributed by atoms with Gasteiger partial charge >= 0.3 is 12.7 Å². The molecule has 2 aromatic carbocycles. The molecule has 45 heavy (non-hydrogen) atoms. The van der Waals surface area contributed by atoms with Gasteiger partial charge in [0.1, 0.15) is 5.75 Å². The number of carbonyl (C=O) groups is 2. The lowest BCUT2D eigenvalue weighted by atomic mass is 9.99. The maximum absolute atomic E-state index is 13.0. The van der Waals surface area contributed by atoms with Crippen LogP contribution in [0.4, 0.5) is 13.6 Å². The van der Waals surface area contributed by atoms with Crippen LogP contribution in [0.25, 0.3) is 33.6 Å². The van der Waals surface area contributed by atoms with Gasteiger partial charge in [0.15, 0.2) is 6.29 Å². The van der Waals surface area contributed by atoms with E-state index < -0.39 is 12.7 Å². The Bertz CT molecular complexity index is 1720. The average molecular weight is 658 g/mol. The molecule has 0 spiro atoms. The standard InChI is InChI=1S/C32H27Cl2F2N3O6/c1-43-30-19(16-39(32(41)42)21-10-13-44-14-11-21)7-8-25(38-30)24-4-2-3-22(27(24)33)23-9-12-37-29(28(23)34)18-5-6-20(17-40)26(15-18)45-31(35)36/h2-9,12,15,17,21,31H,10-11,13-14,16H2,1H3,(H,41,42). The van der Waals surface area contributed by atoms with Crippen molar-refractivity contribution in [2.45, 2.75) is 32.0 Å². The highest BCUT2D eigenvalue weighted by molar-refractivity contribution is 6.39. The summed E-state index contributed by atoms with van der Waals surface area (Å²) < 4.78 is 41.4. The van der Waals surface area contributed by atoms with Gasteiger partial charge in [-0.1, -0.05) is 47.5 Å². The monoisotopic (exact) mass is 657 g/mol. The van der Waals surface area contributed by atoms with Crippen molar-refractivity contribution in [3.05, 3.63) is 82.0 Å². The van der Waals surface area contributed by atoms with Crippen LogP contribution in [-0.2, 0) is 11.3 Å². The smallest absolute Gasteiger partial charge is 0.407 e. The van der Waals surface area contributed by atoms with Crippen LogP contribution in [0.3, 0.4) is 0 Å². The van der Waals surface area contributed by atoms with E-state index in [1.807, 2.05) is 0 Å². The molecular weight excluding hydrogens is 631 g/mol. The van der Waals surface area contributed by atoms with Gasteiger partial charge in [-0.15, -0.1) is 0 Å². The van der Waals surface area contributed by atoms with Crippen molar-refractivity contribution in [3.8, 4) is 45.3 Å². The van der Waals surface area contributed by atoms with E-state index in [1.165, 1.54) is 36.4 Å². The quantitative estimate of drug-likeness (QED) is 0.172. The molecule has 0 bridgehead atoms. The zero-order valence-electron chi connectivity index (χ0n) is 23.9. The van der Waals surface area contributed by atoms with E-state index in [2.05, 4.69) is 14.7 Å². The molecule has 9 nitrogen and oxygen atoms in total. The summed E-state index contributed by atoms with van der Waals surface area (Å²) >= 11 is 13.7. The number of nitrogens with zero attached hydrogens (tertiary/aromatic N) is 3. The van der Waals surface area contributed by atoms with Crippen molar-refractivity contribution in [3.63, 3.8) is 0 Å². The molecule has 3 heterocycles. The Morgan fingerprint density at radius 1 is 1.09 bits per heavy atom. The number of aldehydes is 1. The maximum atomic E-state index is 13.0. The molecule has 13 heteroatoms. The molecule has 1 fully saturated rings. The number of amides is 1. The number of pyridine rings is 2. The second-order valence-electron chi connectivity index (χ2n) is 10.1. The van der Waals surface area contributed by atoms with Crippen molar-refractivity contribution < 1.29 is 37.7 Å². The number of methoxy groups -OCH3 is 1. The lowest BCUT2D eigenvalue weighted by molar-refractivity contribution is -0.0500. The highest BCUT2D eigenvalue weighted by Crippen LogP contribution is 2.42. The van der Waals surface area contributed by atoms with Crippen molar-refractivity contribution in [1.82, 2.24) is 14.9 Å². The second-order valence-corrected chi connectivity index (χ2v) is 10.8. The van der Waals surface area contributed by atoms with Crippen LogP contribution in [-0.4, -0.2) is 65.3 Å². The number of carboxylic acid groups (broad SMARTS) is 1. The molecule has 1 saturated heterocycles. The Labute approximate surface area is 267 Å². The van der Waals surface area contributed by atoms with Crippen LogP contribution in [0.15, 0.2) is 60.8 Å². The molecule has 1 amide bonds. The van der Waals surface area contributed by atoms with Crippen molar-refractivity contribution >= 4 is 35.6 Å². The Morgan fingerprint density at radius 3 is 2.51 bits per heavy atom. The third-order valence-corrected chi connectivity index (χ3v) is 8.22. The number of aromatic nitrogens is 2. The van der Waals surface area contributed by atoms with Gasteiger partial charge in [0.05, 0.1) is 40.7 Å². The van der Waals surface area contributed by atoms with E-state index in [-0.39, 0.29) is 40.5 Å². The fourth-order valence-electron chi connectivity index (χ4n) is 5.22. The largest absolute Gasteiger partial charge is 0.481 e. The molecule has 0 unspecified atom stereocenters. The summed E-state index contributed by atoms with van der Waals surface area (Å²) in [6.45, 7) is -2.03. The summed E-state index contributed by atoms with van der Waals surface area (Å²) in [6, 6.07) is 14.5. The van der Waals surface area contributed by atoms with E-state index >= 15 is 0 Å². The first kappa shape index (κ1) is 32.1. The Morgan fingerprint density at radius 2 is 1.82 bits per heavy atom. The van der Waals surface area contributed by atoms with E-state index in [0.717, 1.165) is 0 Å². The lowest BCUT2D eigenvalue weighted by Gasteiger charge is -2.32. The van der Waals surface area contributed by atoms with Crippen LogP contribution >= 0.6 is 23.2 Å². The second kappa shape index (κ2) is 14.2. The van der Waals surface area contributed by atoms with E-state index in [1.54, 1.807) is 36.4 Å². The minimum absolute atomic E-state index is 0.0460. The van der Waals surface area contributed by atoms with Gasteiger partial charge < -0.3 is 24.2 Å². The number of rotatable bonds is 10. The lowest BCUT2D eigenvalue weighted by Crippen LogP contribution is -2.42. The minimum atomic E-state index is -3.13. The number of carbonyl (C=O) groups excluding carboxylic acids is 1. The van der Waals surface area contributed by atoms with Gasteiger partial charge in [0.2, 0.25) is 5.88 Å². The molecule has 0 atom stereocenters. The summed E-state index contributed by atoms with van der Waals surface area (Å²) in [6.07, 6.45) is 2.11. The number of alkyl halides is 2. The molecule has 2 aromatic heterocycles. The third-order valence-electron chi connectivity index (χ3n) is 7.43. The van der Waals surface area contributed by atoms with Crippen LogP contribution < -0.4 is 9.47 Å². The molecular formula is C32H27Cl2F2N3O6. The molecule has 4 aromatic rings. The summed E-state index contributed by atoms with van der Waals surface area (Å²) in [5.74, 6) is -0.0411. The number of ether oxygens (including phenoxy) is 3. The summed E-state index contributed by atoms with van der Waals surface area (Å²) in [4.78, 5) is 33.8. The highest BCUT2D eigenvalue weighted by Gasteiger charge is 2.27. The molecule has 1 N–H and O–H groups in total. The topological polar surface area (TPSA) is 111 Å². The number of hydrogen-bond donors (Lipinski definition) is 1. The third kappa shape index (κ3) is 7.00. The molecule has 0 aliphatic carbocycles. The van der Waals surface area contributed by atoms with Gasteiger partial charge in [-0.05, 0) is 43.2 Å². The SMILES string of the molecule is COc1nc(-c2cccc(-c3ccnc(-c4ccc(C=O)c(OC(F)F)c4)c3Cl)c2Cl)ccc1CN(C(=O)O)C1CCOCC1. The highest BCUT2D eigenvalue weighted by atomic mass is 35.5. The fraction of sp³-hybridized carbons (Fsp3) is 0.250. The van der Waals surface area contributed by atoms with E-state index in [4.69, 9.17) is 32.7 Å². The van der Waals surface area contributed by atoms with Gasteiger partial charge in [-0.2, -0.15) is 8.78 Å². The van der Waals surface area contributed by atoms with E-state index in [9.17, 15) is 23.5 Å². The molecule has 234 valence electrons. The molecule has 0 radical (unpaired) electrons. The average Bonchev–Trinajstić information content (AvgIpc) is 3.04. The molecule has 1 aliphatic rings. The van der Waals surface area contributed by atoms with Crippen molar-refractivity contribution in [1.29, 1.82) is 0 Å². The maximum Gasteiger partial charge on any atom is 0.407 e. The summed E-state index contributed by atoms with van der Waals surface area (Å²) in [5, 5.41) is 10.4. The number of benzene rings is 2. The van der Waals surface area contributed by atoms with E-state index in [0.29, 0.717) is 70.9 Å². The van der Waals surface area contributed by atoms with Crippen molar-refractivity contribution in [2.24, 2.45) is 0 Å².